The van der Waals surface area contributed by atoms with Crippen molar-refractivity contribution in [1.82, 2.24) is 20.4 Å². The number of nitrogens with zero attached hydrogens (tertiary/aromatic N) is 3. The van der Waals surface area contributed by atoms with Gasteiger partial charge in [0.15, 0.2) is 11.4 Å². The Morgan fingerprint density at radius 3 is 2.80 bits per heavy atom. The topological polar surface area (TPSA) is 101 Å². The predicted octanol–water partition coefficient (Wildman–Crippen LogP) is 2.35. The van der Waals surface area contributed by atoms with E-state index in [9.17, 15) is 9.59 Å². The molecule has 1 saturated heterocycles. The summed E-state index contributed by atoms with van der Waals surface area (Å²) in [5, 5.41) is 7.34. The zero-order chi connectivity index (χ0) is 17.6. The number of para-hydroxylation sites is 1. The molecule has 8 nitrogen and oxygen atoms in total. The molecule has 1 aliphatic heterocycles. The van der Waals surface area contributed by atoms with E-state index in [1.54, 1.807) is 13.0 Å². The number of urea groups is 1. The molecule has 0 saturated carbocycles. The zero-order valence-electron chi connectivity index (χ0n) is 13.8. The first-order chi connectivity index (χ1) is 12.0. The van der Waals surface area contributed by atoms with Crippen LogP contribution in [0.25, 0.3) is 11.0 Å². The highest BCUT2D eigenvalue weighted by Gasteiger charge is 2.51. The maximum absolute atomic E-state index is 12.9. The molecular formula is C17H16N4O4. The summed E-state index contributed by atoms with van der Waals surface area (Å²) in [4.78, 5) is 30.4. The van der Waals surface area contributed by atoms with Crippen molar-refractivity contribution in [2.45, 2.75) is 32.4 Å². The van der Waals surface area contributed by atoms with Gasteiger partial charge < -0.3 is 14.3 Å². The quantitative estimate of drug-likeness (QED) is 0.732. The van der Waals surface area contributed by atoms with Crippen molar-refractivity contribution in [2.24, 2.45) is 0 Å². The third-order valence-electron chi connectivity index (χ3n) is 4.31. The van der Waals surface area contributed by atoms with Gasteiger partial charge in [0.05, 0.1) is 0 Å². The number of hydrogen-bond donors (Lipinski definition) is 1. The molecule has 3 amide bonds. The maximum atomic E-state index is 12.9. The van der Waals surface area contributed by atoms with Crippen LogP contribution in [0.1, 0.15) is 31.3 Å². The Bertz CT molecular complexity index is 943. The lowest BCUT2D eigenvalue weighted by molar-refractivity contribution is -0.132. The Labute approximate surface area is 142 Å². The molecule has 8 heteroatoms. The average Bonchev–Trinajstić information content (AvgIpc) is 3.29. The van der Waals surface area contributed by atoms with Crippen LogP contribution in [0.3, 0.4) is 0 Å². The first kappa shape index (κ1) is 15.4. The van der Waals surface area contributed by atoms with Crippen LogP contribution in [-0.4, -0.2) is 27.0 Å². The van der Waals surface area contributed by atoms with E-state index in [1.807, 2.05) is 31.2 Å². The molecule has 1 aliphatic rings. The molecule has 1 atom stereocenters. The van der Waals surface area contributed by atoms with Crippen LogP contribution in [0.4, 0.5) is 4.79 Å². The molecule has 1 fully saturated rings. The number of aryl methyl sites for hydroxylation is 1. The predicted molar refractivity (Wildman–Crippen MR) is 86.3 cm³/mol. The number of benzene rings is 1. The van der Waals surface area contributed by atoms with Gasteiger partial charge in [0.2, 0.25) is 5.89 Å². The average molecular weight is 340 g/mol. The molecule has 0 aliphatic carbocycles. The Morgan fingerprint density at radius 1 is 1.28 bits per heavy atom. The van der Waals surface area contributed by atoms with Gasteiger partial charge in [-0.25, -0.2) is 4.79 Å². The fourth-order valence-corrected chi connectivity index (χ4v) is 2.87. The maximum Gasteiger partial charge on any atom is 0.325 e. The molecule has 0 spiro atoms. The van der Waals surface area contributed by atoms with Crippen LogP contribution in [0.5, 0.6) is 0 Å². The summed E-state index contributed by atoms with van der Waals surface area (Å²) >= 11 is 0. The highest BCUT2D eigenvalue weighted by molar-refractivity contribution is 6.07. The second kappa shape index (κ2) is 5.44. The molecule has 0 bridgehead atoms. The molecule has 1 N–H and O–H groups in total. The fourth-order valence-electron chi connectivity index (χ4n) is 2.87. The van der Waals surface area contributed by atoms with Gasteiger partial charge in [-0.1, -0.05) is 30.3 Å². The number of nitrogens with one attached hydrogen (secondary N) is 1. The van der Waals surface area contributed by atoms with Crippen molar-refractivity contribution in [1.29, 1.82) is 0 Å². The van der Waals surface area contributed by atoms with Gasteiger partial charge >= 0.3 is 6.03 Å². The molecule has 1 aromatic carbocycles. The summed E-state index contributed by atoms with van der Waals surface area (Å²) in [6.07, 6.45) is 0.611. The van der Waals surface area contributed by atoms with E-state index in [4.69, 9.17) is 8.94 Å². The minimum absolute atomic E-state index is 0.0759. The number of carbonyl (C=O) groups is 2. The first-order valence-electron chi connectivity index (χ1n) is 7.96. The van der Waals surface area contributed by atoms with Gasteiger partial charge in [-0.15, -0.1) is 0 Å². The van der Waals surface area contributed by atoms with E-state index in [0.717, 1.165) is 10.3 Å². The van der Waals surface area contributed by atoms with Crippen LogP contribution in [-0.2, 0) is 23.3 Å². The molecule has 3 heterocycles. The van der Waals surface area contributed by atoms with E-state index in [-0.39, 0.29) is 12.4 Å². The molecule has 2 aromatic heterocycles. The number of carbonyl (C=O) groups excluding carboxylic acids is 2. The number of aromatic nitrogens is 2. The third-order valence-corrected chi connectivity index (χ3v) is 4.31. The summed E-state index contributed by atoms with van der Waals surface area (Å²) in [6.45, 7) is 3.44. The van der Waals surface area contributed by atoms with E-state index in [1.165, 1.54) is 0 Å². The summed E-state index contributed by atoms with van der Waals surface area (Å²) in [6, 6.07) is 8.66. The van der Waals surface area contributed by atoms with Gasteiger partial charge in [-0.05, 0) is 19.1 Å². The minimum atomic E-state index is -1.27. The van der Waals surface area contributed by atoms with Gasteiger partial charge in [0.25, 0.3) is 5.91 Å². The standard InChI is InChI=1S/C17H16N4O4/c1-3-13-18-14(25-20-13)9-21-15(22)17(2,19-16(21)23)12-8-10-6-4-5-7-11(10)24-12/h4-8H,3,9H2,1-2H3,(H,19,23)/t17-/m1/s1. The normalized spacial score (nSPS) is 20.5. The number of hydrogen-bond acceptors (Lipinski definition) is 6. The number of fused-ring (bicyclic) bond motifs is 1. The third kappa shape index (κ3) is 2.37. The largest absolute Gasteiger partial charge is 0.458 e. The second-order valence-electron chi connectivity index (χ2n) is 6.05. The highest BCUT2D eigenvalue weighted by Crippen LogP contribution is 2.33. The van der Waals surface area contributed by atoms with Gasteiger partial charge in [0, 0.05) is 11.8 Å². The molecule has 0 unspecified atom stereocenters. The van der Waals surface area contributed by atoms with Crippen molar-refractivity contribution >= 4 is 22.9 Å². The van der Waals surface area contributed by atoms with Crippen LogP contribution in [0, 0.1) is 0 Å². The molecule has 25 heavy (non-hydrogen) atoms. The van der Waals surface area contributed by atoms with E-state index in [0.29, 0.717) is 23.6 Å². The van der Waals surface area contributed by atoms with Gasteiger partial charge in [-0.3, -0.25) is 9.69 Å². The van der Waals surface area contributed by atoms with Crippen molar-refractivity contribution < 1.29 is 18.5 Å². The van der Waals surface area contributed by atoms with Gasteiger partial charge in [-0.2, -0.15) is 4.98 Å². The van der Waals surface area contributed by atoms with E-state index in [2.05, 4.69) is 15.5 Å². The minimum Gasteiger partial charge on any atom is -0.458 e. The van der Waals surface area contributed by atoms with Gasteiger partial charge in [0.1, 0.15) is 17.9 Å². The molecule has 0 radical (unpaired) electrons. The zero-order valence-corrected chi connectivity index (χ0v) is 13.8. The van der Waals surface area contributed by atoms with Crippen LogP contribution < -0.4 is 5.32 Å². The van der Waals surface area contributed by atoms with Crippen LogP contribution >= 0.6 is 0 Å². The van der Waals surface area contributed by atoms with E-state index < -0.39 is 17.5 Å². The van der Waals surface area contributed by atoms with Crippen molar-refractivity contribution in [3.63, 3.8) is 0 Å². The number of amides is 3. The second-order valence-corrected chi connectivity index (χ2v) is 6.05. The SMILES string of the molecule is CCc1noc(CN2C(=O)N[C@](C)(c3cc4ccccc4o3)C2=O)n1. The number of furan rings is 1. The van der Waals surface area contributed by atoms with Crippen molar-refractivity contribution in [3.05, 3.63) is 47.8 Å². The summed E-state index contributed by atoms with van der Waals surface area (Å²) in [7, 11) is 0. The Balaban J connectivity index is 1.65. The van der Waals surface area contributed by atoms with Crippen molar-refractivity contribution in [2.75, 3.05) is 0 Å². The Morgan fingerprint density at radius 2 is 2.08 bits per heavy atom. The molecule has 4 rings (SSSR count). The number of rotatable bonds is 4. The molecule has 3 aromatic rings. The smallest absolute Gasteiger partial charge is 0.325 e. The van der Waals surface area contributed by atoms with E-state index >= 15 is 0 Å². The fraction of sp³-hybridized carbons (Fsp3) is 0.294. The van der Waals surface area contributed by atoms with Crippen molar-refractivity contribution in [3.8, 4) is 0 Å². The molecule has 128 valence electrons. The lowest BCUT2D eigenvalue weighted by atomic mass is 9.99. The monoisotopic (exact) mass is 340 g/mol. The number of imide groups is 1. The van der Waals surface area contributed by atoms with Crippen LogP contribution in [0.15, 0.2) is 39.3 Å². The molecular weight excluding hydrogens is 324 g/mol. The first-order valence-corrected chi connectivity index (χ1v) is 7.96. The highest BCUT2D eigenvalue weighted by atomic mass is 16.5. The lowest BCUT2D eigenvalue weighted by Crippen LogP contribution is -2.40. The summed E-state index contributed by atoms with van der Waals surface area (Å²) < 4.78 is 10.9. The lowest BCUT2D eigenvalue weighted by Gasteiger charge is -2.18. The Kier molecular flexibility index (Phi) is 3.34. The summed E-state index contributed by atoms with van der Waals surface area (Å²) in [5.74, 6) is 0.707. The van der Waals surface area contributed by atoms with Crippen LogP contribution in [0.2, 0.25) is 0 Å². The summed E-state index contributed by atoms with van der Waals surface area (Å²) in [5.41, 5.74) is -0.618. The Hall–Kier alpha value is -3.16.